The molecule has 0 fully saturated rings. The molecule has 0 aliphatic heterocycles. The highest BCUT2D eigenvalue weighted by Gasteiger charge is 2.06. The van der Waals surface area contributed by atoms with Gasteiger partial charge in [0.1, 0.15) is 5.82 Å². The van der Waals surface area contributed by atoms with Crippen molar-refractivity contribution in [1.29, 1.82) is 0 Å². The van der Waals surface area contributed by atoms with E-state index in [1.54, 1.807) is 35.9 Å². The van der Waals surface area contributed by atoms with Crippen LogP contribution in [-0.2, 0) is 0 Å². The van der Waals surface area contributed by atoms with E-state index >= 15 is 0 Å². The smallest absolute Gasteiger partial charge is 0.191 e. The third-order valence-corrected chi connectivity index (χ3v) is 4.19. The number of rotatable bonds is 6. The van der Waals surface area contributed by atoms with Crippen LogP contribution in [0.1, 0.15) is 18.7 Å². The first-order valence-electron chi connectivity index (χ1n) is 7.18. The third-order valence-electron chi connectivity index (χ3n) is 3.01. The standard InChI is InChI=1S/C15H18FN5S2/c1-3-21(4-2)15-17-9-13(23-15)10-18-20-14(22)19-12-7-5-11(16)6-8-12/h5-10H,3-4H2,1-2H3,(H2,19,20,22)/b18-10-. The van der Waals surface area contributed by atoms with Gasteiger partial charge in [-0.25, -0.2) is 9.37 Å². The van der Waals surface area contributed by atoms with Gasteiger partial charge >= 0.3 is 0 Å². The van der Waals surface area contributed by atoms with Crippen LogP contribution in [-0.4, -0.2) is 29.4 Å². The van der Waals surface area contributed by atoms with Crippen LogP contribution in [0.5, 0.6) is 0 Å². The highest BCUT2D eigenvalue weighted by molar-refractivity contribution is 7.80. The minimum absolute atomic E-state index is 0.290. The SMILES string of the molecule is CCN(CC)c1ncc(/C=N\NC(=S)Nc2ccc(F)cc2)s1. The van der Waals surface area contributed by atoms with Gasteiger partial charge in [-0.1, -0.05) is 11.3 Å². The van der Waals surface area contributed by atoms with Crippen molar-refractivity contribution >= 4 is 45.7 Å². The number of aromatic nitrogens is 1. The molecular formula is C15H18FN5S2. The molecule has 0 aliphatic rings. The van der Waals surface area contributed by atoms with Crippen LogP contribution < -0.4 is 15.6 Å². The number of nitrogens with zero attached hydrogens (tertiary/aromatic N) is 3. The summed E-state index contributed by atoms with van der Waals surface area (Å²) in [6.45, 7) is 6.04. The lowest BCUT2D eigenvalue weighted by atomic mass is 10.3. The molecule has 0 amide bonds. The zero-order valence-corrected chi connectivity index (χ0v) is 14.5. The Morgan fingerprint density at radius 3 is 2.70 bits per heavy atom. The van der Waals surface area contributed by atoms with Crippen LogP contribution in [0.15, 0.2) is 35.6 Å². The molecule has 0 bridgehead atoms. The number of anilines is 2. The monoisotopic (exact) mass is 351 g/mol. The fourth-order valence-electron chi connectivity index (χ4n) is 1.82. The summed E-state index contributed by atoms with van der Waals surface area (Å²) in [5, 5.41) is 8.31. The summed E-state index contributed by atoms with van der Waals surface area (Å²) < 4.78 is 12.8. The maximum atomic E-state index is 12.8. The first kappa shape index (κ1) is 17.3. The maximum Gasteiger partial charge on any atom is 0.191 e. The molecule has 5 nitrogen and oxygen atoms in total. The van der Waals surface area contributed by atoms with Crippen molar-refractivity contribution in [2.24, 2.45) is 5.10 Å². The molecule has 0 aliphatic carbocycles. The van der Waals surface area contributed by atoms with Gasteiger partial charge in [-0.2, -0.15) is 5.10 Å². The summed E-state index contributed by atoms with van der Waals surface area (Å²) in [6.07, 6.45) is 3.45. The van der Waals surface area contributed by atoms with Crippen molar-refractivity contribution in [2.75, 3.05) is 23.3 Å². The van der Waals surface area contributed by atoms with Crippen molar-refractivity contribution in [1.82, 2.24) is 10.4 Å². The zero-order chi connectivity index (χ0) is 16.7. The Labute approximate surface area is 144 Å². The molecule has 1 aromatic heterocycles. The first-order chi connectivity index (χ1) is 11.1. The second kappa shape index (κ2) is 8.54. The summed E-state index contributed by atoms with van der Waals surface area (Å²) in [5.41, 5.74) is 3.42. The van der Waals surface area contributed by atoms with Gasteiger partial charge in [0.25, 0.3) is 0 Å². The summed E-state index contributed by atoms with van der Waals surface area (Å²) in [6, 6.07) is 5.93. The zero-order valence-electron chi connectivity index (χ0n) is 12.9. The van der Waals surface area contributed by atoms with E-state index < -0.39 is 0 Å². The van der Waals surface area contributed by atoms with E-state index in [2.05, 4.69) is 39.6 Å². The highest BCUT2D eigenvalue weighted by atomic mass is 32.1. The van der Waals surface area contributed by atoms with Gasteiger partial charge in [0.2, 0.25) is 0 Å². The maximum absolute atomic E-state index is 12.8. The van der Waals surface area contributed by atoms with Gasteiger partial charge in [0.15, 0.2) is 10.2 Å². The highest BCUT2D eigenvalue weighted by Crippen LogP contribution is 2.20. The Morgan fingerprint density at radius 1 is 1.35 bits per heavy atom. The Hall–Kier alpha value is -2.06. The lowest BCUT2D eigenvalue weighted by Gasteiger charge is -2.16. The molecule has 23 heavy (non-hydrogen) atoms. The largest absolute Gasteiger partial charge is 0.349 e. The summed E-state index contributed by atoms with van der Waals surface area (Å²) >= 11 is 6.69. The van der Waals surface area contributed by atoms with Crippen LogP contribution in [0.4, 0.5) is 15.2 Å². The van der Waals surface area contributed by atoms with Gasteiger partial charge in [-0.15, -0.1) is 0 Å². The molecule has 0 saturated heterocycles. The number of halogens is 1. The first-order valence-corrected chi connectivity index (χ1v) is 8.41. The van der Waals surface area contributed by atoms with E-state index in [1.165, 1.54) is 12.1 Å². The van der Waals surface area contributed by atoms with E-state index in [9.17, 15) is 4.39 Å². The summed E-state index contributed by atoms with van der Waals surface area (Å²) in [4.78, 5) is 7.48. The van der Waals surface area contributed by atoms with Crippen molar-refractivity contribution < 1.29 is 4.39 Å². The van der Waals surface area contributed by atoms with Crippen LogP contribution in [0.25, 0.3) is 0 Å². The molecule has 0 spiro atoms. The minimum Gasteiger partial charge on any atom is -0.349 e. The third kappa shape index (κ3) is 5.26. The predicted octanol–water partition coefficient (Wildman–Crippen LogP) is 3.45. The molecular weight excluding hydrogens is 333 g/mol. The number of benzene rings is 1. The Bertz CT molecular complexity index is 665. The molecule has 8 heteroatoms. The average molecular weight is 351 g/mol. The van der Waals surface area contributed by atoms with Crippen LogP contribution in [0, 0.1) is 5.82 Å². The second-order valence-corrected chi connectivity index (χ2v) is 6.00. The number of hydrogen-bond donors (Lipinski definition) is 2. The van der Waals surface area contributed by atoms with Crippen molar-refractivity contribution in [2.45, 2.75) is 13.8 Å². The Morgan fingerprint density at radius 2 is 2.04 bits per heavy atom. The number of hydrazone groups is 1. The molecule has 2 aromatic rings. The van der Waals surface area contributed by atoms with E-state index in [4.69, 9.17) is 12.2 Å². The van der Waals surface area contributed by atoms with Gasteiger partial charge < -0.3 is 10.2 Å². The van der Waals surface area contributed by atoms with Gasteiger partial charge in [0.05, 0.1) is 11.1 Å². The molecule has 1 heterocycles. The summed E-state index contributed by atoms with van der Waals surface area (Å²) in [5.74, 6) is -0.290. The molecule has 0 radical (unpaired) electrons. The number of thiocarbonyl (C=S) groups is 1. The number of nitrogens with one attached hydrogen (secondary N) is 2. The quantitative estimate of drug-likeness (QED) is 0.474. The minimum atomic E-state index is -0.290. The predicted molar refractivity (Wildman–Crippen MR) is 99.0 cm³/mol. The Balaban J connectivity index is 1.86. The van der Waals surface area contributed by atoms with E-state index in [0.717, 1.165) is 23.1 Å². The second-order valence-electron chi connectivity index (χ2n) is 4.55. The molecule has 122 valence electrons. The fourth-order valence-corrected chi connectivity index (χ4v) is 2.91. The molecule has 2 N–H and O–H groups in total. The Kier molecular flexibility index (Phi) is 6.42. The van der Waals surface area contributed by atoms with Gasteiger partial charge in [-0.3, -0.25) is 5.43 Å². The lowest BCUT2D eigenvalue weighted by molar-refractivity contribution is 0.628. The van der Waals surface area contributed by atoms with Crippen LogP contribution in [0.3, 0.4) is 0 Å². The molecule has 0 atom stereocenters. The van der Waals surface area contributed by atoms with Gasteiger partial charge in [-0.05, 0) is 50.3 Å². The number of thiazole rings is 1. The van der Waals surface area contributed by atoms with Crippen molar-refractivity contribution in [3.63, 3.8) is 0 Å². The summed E-state index contributed by atoms with van der Waals surface area (Å²) in [7, 11) is 0. The van der Waals surface area contributed by atoms with E-state index in [0.29, 0.717) is 10.8 Å². The van der Waals surface area contributed by atoms with Crippen molar-refractivity contribution in [3.05, 3.63) is 41.2 Å². The fraction of sp³-hybridized carbons (Fsp3) is 0.267. The molecule has 0 saturated carbocycles. The van der Waals surface area contributed by atoms with Crippen molar-refractivity contribution in [3.8, 4) is 0 Å². The van der Waals surface area contributed by atoms with Gasteiger partial charge in [0, 0.05) is 25.0 Å². The lowest BCUT2D eigenvalue weighted by Crippen LogP contribution is -2.23. The number of hydrogen-bond acceptors (Lipinski definition) is 5. The molecule has 2 rings (SSSR count). The van der Waals surface area contributed by atoms with Crippen LogP contribution in [0.2, 0.25) is 0 Å². The van der Waals surface area contributed by atoms with E-state index in [1.807, 2.05) is 0 Å². The van der Waals surface area contributed by atoms with E-state index in [-0.39, 0.29) is 5.82 Å². The normalized spacial score (nSPS) is 10.7. The average Bonchev–Trinajstić information content (AvgIpc) is 2.99. The molecule has 1 aromatic carbocycles. The topological polar surface area (TPSA) is 52.6 Å². The molecule has 0 unspecified atom stereocenters. The van der Waals surface area contributed by atoms with Crippen LogP contribution >= 0.6 is 23.6 Å².